The van der Waals surface area contributed by atoms with Gasteiger partial charge in [-0.15, -0.1) is 0 Å². The summed E-state index contributed by atoms with van der Waals surface area (Å²) in [6.45, 7) is 1.70. The molecule has 0 fully saturated rings. The van der Waals surface area contributed by atoms with Crippen LogP contribution in [0, 0.1) is 0 Å². The molecule has 1 heterocycles. The zero-order chi connectivity index (χ0) is 21.1. The number of fused-ring (bicyclic) bond motifs is 1. The summed E-state index contributed by atoms with van der Waals surface area (Å²) in [4.78, 5) is 25.0. The molecular formula is C25H20O5. The third kappa shape index (κ3) is 3.96. The Labute approximate surface area is 173 Å². The molecule has 4 rings (SSSR count). The molecule has 0 N–H and O–H groups in total. The van der Waals surface area contributed by atoms with Gasteiger partial charge in [0, 0.05) is 17.0 Å². The van der Waals surface area contributed by atoms with Crippen LogP contribution < -0.4 is 15.1 Å². The van der Waals surface area contributed by atoms with Gasteiger partial charge in [0.25, 0.3) is 0 Å². The normalized spacial score (nSPS) is 11.8. The molecule has 0 bridgehead atoms. The Bertz CT molecular complexity index is 1240. The van der Waals surface area contributed by atoms with E-state index in [1.165, 1.54) is 0 Å². The molecule has 4 aromatic rings. The first-order valence-corrected chi connectivity index (χ1v) is 9.53. The Kier molecular flexibility index (Phi) is 5.35. The number of ketones is 1. The van der Waals surface area contributed by atoms with Gasteiger partial charge in [-0.1, -0.05) is 42.5 Å². The second-order valence-electron chi connectivity index (χ2n) is 6.87. The topological polar surface area (TPSA) is 65.7 Å². The van der Waals surface area contributed by atoms with Crippen LogP contribution in [0.1, 0.15) is 17.3 Å². The lowest BCUT2D eigenvalue weighted by atomic mass is 10.1. The van der Waals surface area contributed by atoms with Crippen LogP contribution in [-0.4, -0.2) is 19.0 Å². The van der Waals surface area contributed by atoms with Crippen LogP contribution in [0.3, 0.4) is 0 Å². The van der Waals surface area contributed by atoms with Crippen LogP contribution in [0.5, 0.6) is 11.5 Å². The number of hydrogen-bond donors (Lipinski definition) is 0. The van der Waals surface area contributed by atoms with E-state index in [2.05, 4.69) is 0 Å². The molecule has 0 saturated carbocycles. The fourth-order valence-corrected chi connectivity index (χ4v) is 3.23. The molecule has 0 radical (unpaired) electrons. The lowest BCUT2D eigenvalue weighted by molar-refractivity contribution is 0.0818. The maximum atomic E-state index is 12.5. The number of rotatable bonds is 6. The predicted octanol–water partition coefficient (Wildman–Crippen LogP) is 5.12. The quantitative estimate of drug-likeness (QED) is 0.332. The molecule has 1 aromatic heterocycles. The van der Waals surface area contributed by atoms with Gasteiger partial charge in [-0.25, -0.2) is 4.79 Å². The van der Waals surface area contributed by atoms with Gasteiger partial charge in [0.1, 0.15) is 17.1 Å². The minimum atomic E-state index is -0.671. The van der Waals surface area contributed by atoms with Crippen molar-refractivity contribution in [2.45, 2.75) is 13.0 Å². The molecule has 0 aliphatic carbocycles. The van der Waals surface area contributed by atoms with Crippen molar-refractivity contribution in [2.75, 3.05) is 7.11 Å². The Balaban J connectivity index is 1.60. The Morgan fingerprint density at radius 3 is 2.30 bits per heavy atom. The molecule has 5 heteroatoms. The van der Waals surface area contributed by atoms with Crippen molar-refractivity contribution in [3.8, 4) is 22.6 Å². The molecular weight excluding hydrogens is 380 g/mol. The van der Waals surface area contributed by atoms with Gasteiger partial charge in [0.2, 0.25) is 5.78 Å². The van der Waals surface area contributed by atoms with E-state index < -0.39 is 11.7 Å². The number of hydrogen-bond acceptors (Lipinski definition) is 5. The van der Waals surface area contributed by atoms with Gasteiger partial charge < -0.3 is 13.9 Å². The van der Waals surface area contributed by atoms with Crippen molar-refractivity contribution in [3.05, 3.63) is 94.8 Å². The largest absolute Gasteiger partial charge is 0.497 e. The average Bonchev–Trinajstić information content (AvgIpc) is 2.78. The number of ether oxygens (including phenoxy) is 2. The minimum absolute atomic E-state index is 0.119. The van der Waals surface area contributed by atoms with E-state index in [1.54, 1.807) is 62.6 Å². The summed E-state index contributed by atoms with van der Waals surface area (Å²) in [6.07, 6.45) is -0.671. The Morgan fingerprint density at radius 1 is 0.900 bits per heavy atom. The van der Waals surface area contributed by atoms with Crippen molar-refractivity contribution < 1.29 is 18.7 Å². The molecule has 30 heavy (non-hydrogen) atoms. The summed E-state index contributed by atoms with van der Waals surface area (Å²) in [6, 6.07) is 23.2. The maximum Gasteiger partial charge on any atom is 0.344 e. The van der Waals surface area contributed by atoms with Gasteiger partial charge >= 0.3 is 5.63 Å². The fourth-order valence-electron chi connectivity index (χ4n) is 3.23. The number of methoxy groups -OCH3 is 1. The SMILES string of the molecule is COc1ccc(-c2cc3ccc(OC(C)C(=O)c4ccccc4)cc3oc2=O)cc1. The molecule has 150 valence electrons. The highest BCUT2D eigenvalue weighted by Crippen LogP contribution is 2.26. The number of benzene rings is 3. The van der Waals surface area contributed by atoms with E-state index in [1.807, 2.05) is 30.3 Å². The first-order chi connectivity index (χ1) is 14.5. The van der Waals surface area contributed by atoms with E-state index in [9.17, 15) is 9.59 Å². The third-order valence-electron chi connectivity index (χ3n) is 4.85. The molecule has 0 aliphatic rings. The zero-order valence-electron chi connectivity index (χ0n) is 16.6. The van der Waals surface area contributed by atoms with Crippen LogP contribution in [0.4, 0.5) is 0 Å². The van der Waals surface area contributed by atoms with Crippen LogP contribution in [-0.2, 0) is 0 Å². The highest BCUT2D eigenvalue weighted by atomic mass is 16.5. The highest BCUT2D eigenvalue weighted by Gasteiger charge is 2.17. The molecule has 1 unspecified atom stereocenters. The average molecular weight is 400 g/mol. The van der Waals surface area contributed by atoms with E-state index in [4.69, 9.17) is 13.9 Å². The second-order valence-corrected chi connectivity index (χ2v) is 6.87. The maximum absolute atomic E-state index is 12.5. The minimum Gasteiger partial charge on any atom is -0.497 e. The van der Waals surface area contributed by atoms with Gasteiger partial charge in [-0.05, 0) is 42.8 Å². The standard InChI is InChI=1S/C25H20O5/c1-16(24(26)18-6-4-3-5-7-18)29-21-13-10-19-14-22(25(27)30-23(19)15-21)17-8-11-20(28-2)12-9-17/h3-16H,1-2H3. The Hall–Kier alpha value is -3.86. The lowest BCUT2D eigenvalue weighted by Gasteiger charge is -2.14. The molecule has 1 atom stereocenters. The summed E-state index contributed by atoms with van der Waals surface area (Å²) in [5.74, 6) is 1.05. The summed E-state index contributed by atoms with van der Waals surface area (Å²) >= 11 is 0. The van der Waals surface area contributed by atoms with Gasteiger partial charge in [-0.2, -0.15) is 0 Å². The van der Waals surface area contributed by atoms with Crippen LogP contribution in [0.15, 0.2) is 88.1 Å². The van der Waals surface area contributed by atoms with E-state index in [0.717, 1.165) is 10.9 Å². The van der Waals surface area contributed by atoms with Crippen molar-refractivity contribution in [3.63, 3.8) is 0 Å². The third-order valence-corrected chi connectivity index (χ3v) is 4.85. The smallest absolute Gasteiger partial charge is 0.344 e. The van der Waals surface area contributed by atoms with Gasteiger partial charge in [0.15, 0.2) is 6.10 Å². The first kappa shape index (κ1) is 19.5. The number of Topliss-reactive ketones (excluding diaryl/α,β-unsaturated/α-hetero) is 1. The second kappa shape index (κ2) is 8.25. The summed E-state index contributed by atoms with van der Waals surface area (Å²) in [5.41, 5.74) is 1.74. The number of carbonyl (C=O) groups is 1. The molecule has 5 nitrogen and oxygen atoms in total. The van der Waals surface area contributed by atoms with Crippen molar-refractivity contribution >= 4 is 16.8 Å². The number of carbonyl (C=O) groups excluding carboxylic acids is 1. The summed E-state index contributed by atoms with van der Waals surface area (Å²) < 4.78 is 16.5. The van der Waals surface area contributed by atoms with Crippen LogP contribution >= 0.6 is 0 Å². The first-order valence-electron chi connectivity index (χ1n) is 9.53. The van der Waals surface area contributed by atoms with E-state index >= 15 is 0 Å². The lowest BCUT2D eigenvalue weighted by Crippen LogP contribution is -2.23. The van der Waals surface area contributed by atoms with Crippen LogP contribution in [0.2, 0.25) is 0 Å². The summed E-state index contributed by atoms with van der Waals surface area (Å²) in [7, 11) is 1.59. The van der Waals surface area contributed by atoms with Crippen molar-refractivity contribution in [1.82, 2.24) is 0 Å². The van der Waals surface area contributed by atoms with Gasteiger partial charge in [-0.3, -0.25) is 4.79 Å². The van der Waals surface area contributed by atoms with E-state index in [0.29, 0.717) is 28.2 Å². The van der Waals surface area contributed by atoms with Crippen molar-refractivity contribution in [2.24, 2.45) is 0 Å². The van der Waals surface area contributed by atoms with E-state index in [-0.39, 0.29) is 5.78 Å². The fraction of sp³-hybridized carbons (Fsp3) is 0.120. The molecule has 0 amide bonds. The zero-order valence-corrected chi connectivity index (χ0v) is 16.6. The summed E-state index contributed by atoms with van der Waals surface area (Å²) in [5, 5.41) is 0.759. The van der Waals surface area contributed by atoms with Gasteiger partial charge in [0.05, 0.1) is 12.7 Å². The predicted molar refractivity (Wildman–Crippen MR) is 115 cm³/mol. The molecule has 0 aliphatic heterocycles. The Morgan fingerprint density at radius 2 is 1.60 bits per heavy atom. The van der Waals surface area contributed by atoms with Crippen molar-refractivity contribution in [1.29, 1.82) is 0 Å². The highest BCUT2D eigenvalue weighted by molar-refractivity contribution is 5.99. The molecule has 3 aromatic carbocycles. The monoisotopic (exact) mass is 400 g/mol. The van der Waals surface area contributed by atoms with Crippen LogP contribution in [0.25, 0.3) is 22.1 Å². The molecule has 0 saturated heterocycles. The molecule has 0 spiro atoms.